The minimum Gasteiger partial charge on any atom is -0.478 e. The van der Waals surface area contributed by atoms with Gasteiger partial charge >= 0.3 is 5.97 Å². The SMILES string of the molecule is O=C(O)c1cccc(NC(=O)C(Cc2ccccc2)N[PH](=O)CO)c1. The van der Waals surface area contributed by atoms with E-state index in [4.69, 9.17) is 10.2 Å². The van der Waals surface area contributed by atoms with Crippen LogP contribution in [-0.2, 0) is 15.8 Å². The van der Waals surface area contributed by atoms with E-state index in [1.54, 1.807) is 6.07 Å². The van der Waals surface area contributed by atoms with E-state index in [-0.39, 0.29) is 12.0 Å². The van der Waals surface area contributed by atoms with Gasteiger partial charge in [-0.05, 0) is 30.2 Å². The van der Waals surface area contributed by atoms with Crippen LogP contribution in [0.4, 0.5) is 5.69 Å². The first kappa shape index (κ1) is 18.9. The quantitative estimate of drug-likeness (QED) is 0.534. The lowest BCUT2D eigenvalue weighted by atomic mass is 10.1. The molecule has 2 unspecified atom stereocenters. The molecule has 0 fully saturated rings. The van der Waals surface area contributed by atoms with Gasteiger partial charge in [-0.3, -0.25) is 9.88 Å². The van der Waals surface area contributed by atoms with Crippen molar-refractivity contribution < 1.29 is 24.4 Å². The van der Waals surface area contributed by atoms with Gasteiger partial charge in [0, 0.05) is 5.69 Å². The Morgan fingerprint density at radius 1 is 1.08 bits per heavy atom. The number of aliphatic hydroxyl groups excluding tert-OH is 1. The van der Waals surface area contributed by atoms with Crippen LogP contribution < -0.4 is 10.4 Å². The Hall–Kier alpha value is -2.47. The van der Waals surface area contributed by atoms with Crippen molar-refractivity contribution in [3.8, 4) is 0 Å². The summed E-state index contributed by atoms with van der Waals surface area (Å²) in [6.45, 7) is 0. The van der Waals surface area contributed by atoms with Gasteiger partial charge in [-0.15, -0.1) is 0 Å². The number of anilines is 1. The summed E-state index contributed by atoms with van der Waals surface area (Å²) in [5, 5.41) is 23.3. The van der Waals surface area contributed by atoms with Crippen molar-refractivity contribution in [1.29, 1.82) is 0 Å². The summed E-state index contributed by atoms with van der Waals surface area (Å²) >= 11 is 0. The molecule has 0 aliphatic heterocycles. The summed E-state index contributed by atoms with van der Waals surface area (Å²) in [5.74, 6) is -1.56. The standard InChI is InChI=1S/C17H19N2O5P/c20-11-25(24)19-15(9-12-5-2-1-3-6-12)16(21)18-14-8-4-7-13(10-14)17(22)23/h1-8,10,15,20,25H,9,11H2,(H,18,21)(H,19,24)(H,22,23). The van der Waals surface area contributed by atoms with Gasteiger partial charge in [0.05, 0.1) is 11.6 Å². The number of hydrogen-bond donors (Lipinski definition) is 4. The van der Waals surface area contributed by atoms with E-state index >= 15 is 0 Å². The van der Waals surface area contributed by atoms with Crippen LogP contribution in [0.3, 0.4) is 0 Å². The molecule has 7 nitrogen and oxygen atoms in total. The molecular formula is C17H19N2O5P. The third-order valence-corrected chi connectivity index (χ3v) is 4.41. The number of carboxylic acid groups (broad SMARTS) is 1. The summed E-state index contributed by atoms with van der Waals surface area (Å²) in [5.41, 5.74) is 1.24. The number of aliphatic hydroxyl groups is 1. The Morgan fingerprint density at radius 3 is 2.44 bits per heavy atom. The van der Waals surface area contributed by atoms with E-state index in [0.717, 1.165) is 5.56 Å². The molecule has 0 spiro atoms. The summed E-state index contributed by atoms with van der Waals surface area (Å²) in [6, 6.07) is 14.2. The highest BCUT2D eigenvalue weighted by Gasteiger charge is 2.21. The molecule has 25 heavy (non-hydrogen) atoms. The predicted octanol–water partition coefficient (Wildman–Crippen LogP) is 1.95. The van der Waals surface area contributed by atoms with E-state index in [0.29, 0.717) is 5.69 Å². The number of aromatic carboxylic acids is 1. The van der Waals surface area contributed by atoms with Crippen LogP contribution in [0.5, 0.6) is 0 Å². The molecule has 2 atom stereocenters. The number of carbonyl (C=O) groups excluding carboxylic acids is 1. The molecule has 2 rings (SSSR count). The zero-order valence-corrected chi connectivity index (χ0v) is 14.3. The van der Waals surface area contributed by atoms with Crippen molar-refractivity contribution >= 4 is 25.5 Å². The highest BCUT2D eigenvalue weighted by atomic mass is 31.1. The molecule has 1 amide bonds. The van der Waals surface area contributed by atoms with Crippen LogP contribution >= 0.6 is 7.95 Å². The van der Waals surface area contributed by atoms with Gasteiger partial charge < -0.3 is 20.1 Å². The van der Waals surface area contributed by atoms with E-state index < -0.39 is 32.2 Å². The zero-order valence-electron chi connectivity index (χ0n) is 13.3. The van der Waals surface area contributed by atoms with E-state index in [1.165, 1.54) is 18.2 Å². The van der Waals surface area contributed by atoms with Crippen molar-refractivity contribution in [2.75, 3.05) is 11.7 Å². The van der Waals surface area contributed by atoms with E-state index in [2.05, 4.69) is 10.4 Å². The number of hydrogen-bond acceptors (Lipinski definition) is 4. The van der Waals surface area contributed by atoms with E-state index in [1.807, 2.05) is 30.3 Å². The van der Waals surface area contributed by atoms with Crippen molar-refractivity contribution in [3.63, 3.8) is 0 Å². The minimum atomic E-state index is -2.50. The Morgan fingerprint density at radius 2 is 1.80 bits per heavy atom. The van der Waals surface area contributed by atoms with Gasteiger partial charge in [-0.25, -0.2) is 4.79 Å². The lowest BCUT2D eigenvalue weighted by Gasteiger charge is -2.18. The van der Waals surface area contributed by atoms with Crippen LogP contribution in [0, 0.1) is 0 Å². The second kappa shape index (κ2) is 9.13. The summed E-state index contributed by atoms with van der Waals surface area (Å²) in [7, 11) is -2.50. The van der Waals surface area contributed by atoms with Crippen LogP contribution in [0.1, 0.15) is 15.9 Å². The fraction of sp³-hybridized carbons (Fsp3) is 0.176. The van der Waals surface area contributed by atoms with Crippen molar-refractivity contribution in [1.82, 2.24) is 5.09 Å². The van der Waals surface area contributed by atoms with Crippen LogP contribution in [0.25, 0.3) is 0 Å². The van der Waals surface area contributed by atoms with Crippen LogP contribution in [-0.4, -0.2) is 34.5 Å². The Bertz CT molecular complexity index is 767. The average Bonchev–Trinajstić information content (AvgIpc) is 2.62. The Kier molecular flexibility index (Phi) is 6.89. The predicted molar refractivity (Wildman–Crippen MR) is 95.2 cm³/mol. The first-order chi connectivity index (χ1) is 12.0. The topological polar surface area (TPSA) is 116 Å². The first-order valence-corrected chi connectivity index (χ1v) is 9.19. The number of carboxylic acids is 1. The lowest BCUT2D eigenvalue weighted by molar-refractivity contribution is -0.117. The average molecular weight is 362 g/mol. The van der Waals surface area contributed by atoms with Gasteiger partial charge in [-0.1, -0.05) is 36.4 Å². The molecule has 2 aromatic rings. The fourth-order valence-electron chi connectivity index (χ4n) is 2.26. The lowest BCUT2D eigenvalue weighted by Crippen LogP contribution is -2.39. The van der Waals surface area contributed by atoms with Gasteiger partial charge in [0.1, 0.15) is 6.35 Å². The molecule has 0 aliphatic rings. The molecule has 0 aromatic heterocycles. The normalized spacial score (nSPS) is 13.0. The first-order valence-electron chi connectivity index (χ1n) is 7.58. The largest absolute Gasteiger partial charge is 0.478 e. The molecule has 2 aromatic carbocycles. The molecule has 0 heterocycles. The monoisotopic (exact) mass is 362 g/mol. The van der Waals surface area contributed by atoms with Gasteiger partial charge in [0.15, 0.2) is 7.95 Å². The molecule has 4 N–H and O–H groups in total. The molecule has 0 saturated carbocycles. The number of rotatable bonds is 8. The number of benzene rings is 2. The van der Waals surface area contributed by atoms with E-state index in [9.17, 15) is 14.2 Å². The Labute approximate surface area is 145 Å². The summed E-state index contributed by atoms with van der Waals surface area (Å²) < 4.78 is 11.7. The maximum atomic E-state index is 12.5. The highest BCUT2D eigenvalue weighted by Crippen LogP contribution is 2.17. The Balaban J connectivity index is 2.15. The summed E-state index contributed by atoms with van der Waals surface area (Å²) in [6.07, 6.45) is -0.264. The van der Waals surface area contributed by atoms with Gasteiger partial charge in [0.2, 0.25) is 5.91 Å². The number of carbonyl (C=O) groups is 2. The number of nitrogens with one attached hydrogen (secondary N) is 2. The van der Waals surface area contributed by atoms with Crippen molar-refractivity contribution in [2.24, 2.45) is 0 Å². The minimum absolute atomic E-state index is 0.0503. The maximum absolute atomic E-state index is 12.5. The second-order valence-electron chi connectivity index (χ2n) is 5.34. The van der Waals surface area contributed by atoms with Gasteiger partial charge in [-0.2, -0.15) is 0 Å². The van der Waals surface area contributed by atoms with Crippen molar-refractivity contribution in [2.45, 2.75) is 12.5 Å². The molecule has 0 saturated heterocycles. The smallest absolute Gasteiger partial charge is 0.335 e. The third-order valence-electron chi connectivity index (χ3n) is 3.46. The van der Waals surface area contributed by atoms with Gasteiger partial charge in [0.25, 0.3) is 0 Å². The highest BCUT2D eigenvalue weighted by molar-refractivity contribution is 7.42. The molecule has 0 radical (unpaired) electrons. The van der Waals surface area contributed by atoms with Crippen molar-refractivity contribution in [3.05, 3.63) is 65.7 Å². The fourth-order valence-corrected chi connectivity index (χ4v) is 2.97. The summed E-state index contributed by atoms with van der Waals surface area (Å²) in [4.78, 5) is 23.5. The molecule has 0 aliphatic carbocycles. The second-order valence-corrected chi connectivity index (χ2v) is 6.79. The maximum Gasteiger partial charge on any atom is 0.335 e. The van der Waals surface area contributed by atoms with Crippen LogP contribution in [0.15, 0.2) is 54.6 Å². The molecule has 8 heteroatoms. The third kappa shape index (κ3) is 5.83. The molecular weight excluding hydrogens is 343 g/mol. The zero-order chi connectivity index (χ0) is 18.2. The number of amides is 1. The molecule has 132 valence electrons. The van der Waals surface area contributed by atoms with Crippen LogP contribution in [0.2, 0.25) is 0 Å². The molecule has 0 bridgehead atoms.